The Morgan fingerprint density at radius 3 is 0.686 bits per heavy atom. The second-order valence-electron chi connectivity index (χ2n) is 11.4. The summed E-state index contributed by atoms with van der Waals surface area (Å²) in [5.74, 6) is 0. The van der Waals surface area contributed by atoms with E-state index in [0.717, 1.165) is 0 Å². The third-order valence-corrected chi connectivity index (χ3v) is 7.27. The van der Waals surface area contributed by atoms with Gasteiger partial charge in [0.2, 0.25) is 0 Å². The summed E-state index contributed by atoms with van der Waals surface area (Å²) in [7, 11) is 0. The summed E-state index contributed by atoms with van der Waals surface area (Å²) < 4.78 is 0. The maximum absolute atomic E-state index is 7.13. The molecule has 4 aromatic heterocycles. The Kier molecular flexibility index (Phi) is 45.3. The van der Waals surface area contributed by atoms with Crippen LogP contribution < -0.4 is 0 Å². The molecule has 6 nitrogen and oxygen atoms in total. The molecule has 4 heterocycles. The van der Waals surface area contributed by atoms with Crippen LogP contribution in [0.3, 0.4) is 0 Å². The van der Waals surface area contributed by atoms with E-state index in [-0.39, 0.29) is 16.5 Å². The van der Waals surface area contributed by atoms with E-state index in [1.165, 1.54) is 136 Å². The van der Waals surface area contributed by atoms with Gasteiger partial charge < -0.3 is 25.3 Å². The average molecular weight is 772 g/mol. The van der Waals surface area contributed by atoms with Crippen molar-refractivity contribution in [2.24, 2.45) is 0 Å². The minimum absolute atomic E-state index is 0. The summed E-state index contributed by atoms with van der Waals surface area (Å²) in [4.78, 5) is 15.9. The third-order valence-electron chi connectivity index (χ3n) is 7.27. The molecule has 0 saturated carbocycles. The molecular weight excluding hydrogens is 711 g/mol. The van der Waals surface area contributed by atoms with Gasteiger partial charge >= 0.3 is 16.5 Å². The molecule has 0 bridgehead atoms. The fourth-order valence-corrected chi connectivity index (χ4v) is 4.51. The molecule has 9 heteroatoms. The van der Waals surface area contributed by atoms with Crippen LogP contribution in [0.4, 0.5) is 0 Å². The Morgan fingerprint density at radius 2 is 0.549 bits per heavy atom. The van der Waals surface area contributed by atoms with Crippen LogP contribution in [-0.2, 0) is 67.4 Å². The van der Waals surface area contributed by atoms with Crippen molar-refractivity contribution < 1.29 is 16.5 Å². The van der Waals surface area contributed by atoms with Gasteiger partial charge in [-0.1, -0.05) is 89.9 Å². The van der Waals surface area contributed by atoms with Crippen LogP contribution in [0, 0.1) is 21.3 Å². The topological polar surface area (TPSA) is 99.1 Å². The van der Waals surface area contributed by atoms with Gasteiger partial charge in [0.1, 0.15) is 0 Å². The van der Waals surface area contributed by atoms with E-state index < -0.39 is 0 Å². The van der Waals surface area contributed by atoms with Gasteiger partial charge in [-0.05, 0) is 122 Å². The molecule has 0 aromatic carbocycles. The van der Waals surface area contributed by atoms with Crippen LogP contribution in [0.15, 0.2) is 98.1 Å². The van der Waals surface area contributed by atoms with Gasteiger partial charge in [0.05, 0.1) is 0 Å². The van der Waals surface area contributed by atoms with E-state index >= 15 is 0 Å². The van der Waals surface area contributed by atoms with Crippen LogP contribution in [0.2, 0.25) is 0 Å². The van der Waals surface area contributed by atoms with Crippen LogP contribution in [0.1, 0.15) is 127 Å². The molecule has 0 unspecified atom stereocenters. The van der Waals surface area contributed by atoms with Crippen molar-refractivity contribution in [3.8, 4) is 10.8 Å². The zero-order valence-electron chi connectivity index (χ0n) is 31.4. The van der Waals surface area contributed by atoms with Crippen molar-refractivity contribution in [2.45, 2.75) is 130 Å². The number of rotatable bonds is 16. The SMILES string of the molecule is CCCCCc1ccncc1.CCCCCc1ccncc1.CCCCCc1ccncc1.CCCCCc1ccncc1.N#C[S-].N#C[S-].[Ni+2]. The van der Waals surface area contributed by atoms with Crippen molar-refractivity contribution >= 4 is 25.3 Å². The second kappa shape index (κ2) is 44.5. The van der Waals surface area contributed by atoms with Crippen molar-refractivity contribution in [3.05, 3.63) is 120 Å². The predicted molar refractivity (Wildman–Crippen MR) is 216 cm³/mol. The standard InChI is InChI=1S/4C10H15N.2CHNS.Ni/c4*1-2-3-4-5-10-6-8-11-9-7-10;2*2-1-3;/h4*6-9H,2-5H2,1H3;2*3H;/q;;;;;;+2/p-2. The van der Waals surface area contributed by atoms with E-state index in [4.69, 9.17) is 10.5 Å². The Balaban J connectivity index is -0.000000568. The van der Waals surface area contributed by atoms with Gasteiger partial charge in [-0.15, -0.1) is 0 Å². The van der Waals surface area contributed by atoms with Gasteiger partial charge in [-0.2, -0.15) is 0 Å². The maximum atomic E-state index is 7.13. The van der Waals surface area contributed by atoms with Crippen molar-refractivity contribution in [3.63, 3.8) is 0 Å². The van der Waals surface area contributed by atoms with Gasteiger partial charge in [-0.3, -0.25) is 19.9 Å². The Bertz CT molecular complexity index is 1100. The monoisotopic (exact) mass is 770 g/mol. The number of hydrogen-bond acceptors (Lipinski definition) is 8. The molecule has 280 valence electrons. The first-order valence-corrected chi connectivity index (χ1v) is 19.0. The smallest absolute Gasteiger partial charge is 0.696 e. The zero-order chi connectivity index (χ0) is 37.2. The van der Waals surface area contributed by atoms with Crippen LogP contribution in [0.25, 0.3) is 0 Å². The molecule has 0 amide bonds. The van der Waals surface area contributed by atoms with Crippen molar-refractivity contribution in [1.29, 1.82) is 10.5 Å². The third kappa shape index (κ3) is 39.2. The van der Waals surface area contributed by atoms with Crippen LogP contribution >= 0.6 is 0 Å². The molecule has 0 aliphatic heterocycles. The van der Waals surface area contributed by atoms with Crippen LogP contribution in [0.5, 0.6) is 0 Å². The number of nitrogens with zero attached hydrogens (tertiary/aromatic N) is 6. The van der Waals surface area contributed by atoms with E-state index in [2.05, 4.69) is 121 Å². The summed E-state index contributed by atoms with van der Waals surface area (Å²) >= 11 is 7.40. The van der Waals surface area contributed by atoms with E-state index in [0.29, 0.717) is 0 Å². The quantitative estimate of drug-likeness (QED) is 0.0480. The number of unbranched alkanes of at least 4 members (excludes halogenated alkanes) is 8. The number of pyridine rings is 4. The normalized spacial score (nSPS) is 8.82. The molecule has 0 fully saturated rings. The Morgan fingerprint density at radius 1 is 0.392 bits per heavy atom. The molecule has 0 spiro atoms. The van der Waals surface area contributed by atoms with Crippen molar-refractivity contribution in [2.75, 3.05) is 0 Å². The summed E-state index contributed by atoms with van der Waals surface area (Å²) in [5, 5.41) is 16.9. The molecule has 0 N–H and O–H groups in total. The average Bonchev–Trinajstić information content (AvgIpc) is 3.15. The molecule has 0 aliphatic rings. The minimum atomic E-state index is 0. The summed E-state index contributed by atoms with van der Waals surface area (Å²) in [6, 6.07) is 16.7. The van der Waals surface area contributed by atoms with Gasteiger partial charge in [0, 0.05) is 49.6 Å². The van der Waals surface area contributed by atoms with Gasteiger partial charge in [0.25, 0.3) is 0 Å². The maximum Gasteiger partial charge on any atom is 2.00 e. The number of hydrogen-bond donors (Lipinski definition) is 0. The molecule has 0 atom stereocenters. The van der Waals surface area contributed by atoms with Gasteiger partial charge in [-0.25, -0.2) is 10.5 Å². The molecule has 4 rings (SSSR count). The van der Waals surface area contributed by atoms with E-state index in [1.807, 2.05) is 49.6 Å². The van der Waals surface area contributed by atoms with Crippen LogP contribution in [-0.4, -0.2) is 19.9 Å². The molecule has 4 aromatic rings. The van der Waals surface area contributed by atoms with Crippen molar-refractivity contribution in [1.82, 2.24) is 19.9 Å². The number of aryl methyl sites for hydroxylation is 4. The summed E-state index contributed by atoms with van der Waals surface area (Å²) in [5.41, 5.74) is 5.64. The Labute approximate surface area is 332 Å². The molecule has 0 aliphatic carbocycles. The predicted octanol–water partition coefficient (Wildman–Crippen LogP) is 11.3. The molecule has 0 saturated heterocycles. The zero-order valence-corrected chi connectivity index (χ0v) is 34.0. The first-order valence-electron chi connectivity index (χ1n) is 18.1. The fraction of sp³-hybridized carbons (Fsp3) is 0.476. The summed E-state index contributed by atoms with van der Waals surface area (Å²) in [6.07, 6.45) is 35.5. The first-order chi connectivity index (χ1) is 24.6. The first kappa shape index (κ1) is 51.9. The Hall–Kier alpha value is -3.49. The summed E-state index contributed by atoms with van der Waals surface area (Å²) in [6.45, 7) is 8.91. The van der Waals surface area contributed by atoms with Gasteiger partial charge in [0.15, 0.2) is 0 Å². The van der Waals surface area contributed by atoms with E-state index in [1.54, 1.807) is 0 Å². The van der Waals surface area contributed by atoms with E-state index in [9.17, 15) is 0 Å². The number of aromatic nitrogens is 4. The minimum Gasteiger partial charge on any atom is -0.696 e. The second-order valence-corrected chi connectivity index (χ2v) is 11.8. The molecule has 51 heavy (non-hydrogen) atoms. The fourth-order valence-electron chi connectivity index (χ4n) is 4.51. The molecule has 0 radical (unpaired) electrons. The number of thiocyanates is 2. The number of nitriles is 2. The molecular formula is C42H60N6NiS2. The largest absolute Gasteiger partial charge is 2.00 e.